The average Bonchev–Trinajstić information content (AvgIpc) is 3.13. The van der Waals surface area contributed by atoms with E-state index in [0.717, 1.165) is 16.3 Å². The van der Waals surface area contributed by atoms with Gasteiger partial charge in [0.25, 0.3) is 5.91 Å². The lowest BCUT2D eigenvalue weighted by molar-refractivity contribution is -0.128. The molecule has 3 amide bonds. The first-order chi connectivity index (χ1) is 12.4. The second-order valence-electron chi connectivity index (χ2n) is 6.53. The van der Waals surface area contributed by atoms with Gasteiger partial charge in [0, 0.05) is 18.2 Å². The number of halogens is 2. The molecule has 26 heavy (non-hydrogen) atoms. The van der Waals surface area contributed by atoms with Crippen LogP contribution in [0.3, 0.4) is 0 Å². The maximum atomic E-state index is 12.6. The van der Waals surface area contributed by atoms with Crippen molar-refractivity contribution in [3.05, 3.63) is 47.8 Å². The van der Waals surface area contributed by atoms with E-state index in [4.69, 9.17) is 0 Å². The summed E-state index contributed by atoms with van der Waals surface area (Å²) in [5.41, 5.74) is 2.32. The highest BCUT2D eigenvalue weighted by atomic mass is 19.3. The summed E-state index contributed by atoms with van der Waals surface area (Å²) in [7, 11) is 0. The molecule has 6 nitrogen and oxygen atoms in total. The number of nitrogens with zero attached hydrogens (tertiary/aromatic N) is 3. The number of para-hydroxylation sites is 1. The summed E-state index contributed by atoms with van der Waals surface area (Å²) in [4.78, 5) is 25.3. The Morgan fingerprint density at radius 3 is 2.50 bits per heavy atom. The number of aromatic nitrogens is 2. The van der Waals surface area contributed by atoms with Gasteiger partial charge < -0.3 is 5.32 Å². The third kappa shape index (κ3) is 3.58. The van der Waals surface area contributed by atoms with Crippen LogP contribution in [0.4, 0.5) is 13.6 Å². The molecule has 0 aliphatic carbocycles. The Balaban J connectivity index is 1.86. The zero-order chi connectivity index (χ0) is 18.8. The van der Waals surface area contributed by atoms with E-state index in [-0.39, 0.29) is 12.5 Å². The molecule has 1 saturated heterocycles. The number of benzene rings is 1. The van der Waals surface area contributed by atoms with E-state index in [9.17, 15) is 18.4 Å². The number of carbonyl (C=O) groups is 2. The fourth-order valence-corrected chi connectivity index (χ4v) is 2.98. The number of urea groups is 1. The fourth-order valence-electron chi connectivity index (χ4n) is 2.98. The largest absolute Gasteiger partial charge is 0.326 e. The van der Waals surface area contributed by atoms with Crippen molar-refractivity contribution in [2.75, 3.05) is 0 Å². The fraction of sp³-hybridized carbons (Fsp3) is 0.389. The predicted molar refractivity (Wildman–Crippen MR) is 91.1 cm³/mol. The maximum Gasteiger partial charge on any atom is 0.325 e. The Bertz CT molecular complexity index is 805. The molecule has 1 fully saturated rings. The minimum Gasteiger partial charge on any atom is -0.326 e. The molecule has 2 aromatic rings. The topological polar surface area (TPSA) is 67.2 Å². The maximum absolute atomic E-state index is 12.6. The molecular weight excluding hydrogens is 342 g/mol. The third-order valence-electron chi connectivity index (χ3n) is 4.24. The normalized spacial score (nSPS) is 17.5. The van der Waals surface area contributed by atoms with Crippen LogP contribution in [0, 0.1) is 0 Å². The summed E-state index contributed by atoms with van der Waals surface area (Å²) < 4.78 is 26.8. The first-order valence-corrected chi connectivity index (χ1v) is 8.40. The van der Waals surface area contributed by atoms with Gasteiger partial charge in [0.2, 0.25) is 6.43 Å². The second kappa shape index (κ2) is 7.23. The molecular formula is C18H20F2N4O2. The summed E-state index contributed by atoms with van der Waals surface area (Å²) in [6, 6.07) is 7.64. The van der Waals surface area contributed by atoms with Crippen molar-refractivity contribution in [3.8, 4) is 5.69 Å². The first kappa shape index (κ1) is 18.0. The van der Waals surface area contributed by atoms with Gasteiger partial charge in [0.05, 0.1) is 17.9 Å². The molecule has 1 aliphatic rings. The van der Waals surface area contributed by atoms with Crippen LogP contribution >= 0.6 is 0 Å². The van der Waals surface area contributed by atoms with E-state index >= 15 is 0 Å². The van der Waals surface area contributed by atoms with Gasteiger partial charge in [-0.15, -0.1) is 0 Å². The predicted octanol–water partition coefficient (Wildman–Crippen LogP) is 3.07. The van der Waals surface area contributed by atoms with Gasteiger partial charge in [0.1, 0.15) is 6.04 Å². The molecule has 138 valence electrons. The van der Waals surface area contributed by atoms with Crippen molar-refractivity contribution in [1.29, 1.82) is 0 Å². The number of alkyl halides is 2. The number of carbonyl (C=O) groups excluding carboxylic acids is 2. The molecule has 1 aliphatic heterocycles. The van der Waals surface area contributed by atoms with Crippen molar-refractivity contribution in [2.45, 2.75) is 45.2 Å². The molecule has 1 atom stereocenters. The van der Waals surface area contributed by atoms with Crippen LogP contribution in [-0.4, -0.2) is 39.1 Å². The van der Waals surface area contributed by atoms with Crippen molar-refractivity contribution in [3.63, 3.8) is 0 Å². The standard InChI is InChI=1S/C18H20F2N4O2/c1-11(2)16-12(10-24(22-16)13-6-4-3-5-7-13)9-23-17(25)14(8-15(19)20)21-18(23)26/h3-7,10-11,14-15H,8-9H2,1-2H3,(H,21,26)/t14-/m0/s1. The van der Waals surface area contributed by atoms with Gasteiger partial charge in [-0.25, -0.2) is 18.3 Å². The van der Waals surface area contributed by atoms with Crippen LogP contribution in [0.25, 0.3) is 5.69 Å². The molecule has 2 heterocycles. The van der Waals surface area contributed by atoms with Gasteiger partial charge in [0.15, 0.2) is 0 Å². The van der Waals surface area contributed by atoms with Gasteiger partial charge in [-0.1, -0.05) is 32.0 Å². The van der Waals surface area contributed by atoms with Gasteiger partial charge >= 0.3 is 6.03 Å². The lowest BCUT2D eigenvalue weighted by Gasteiger charge is -2.13. The first-order valence-electron chi connectivity index (χ1n) is 8.40. The van der Waals surface area contributed by atoms with Crippen LogP contribution in [0.5, 0.6) is 0 Å². The molecule has 0 saturated carbocycles. The van der Waals surface area contributed by atoms with Gasteiger partial charge in [-0.2, -0.15) is 5.10 Å². The monoisotopic (exact) mass is 362 g/mol. The summed E-state index contributed by atoms with van der Waals surface area (Å²) in [5, 5.41) is 6.89. The number of hydrogen-bond acceptors (Lipinski definition) is 3. The molecule has 0 bridgehead atoms. The van der Waals surface area contributed by atoms with E-state index in [1.807, 2.05) is 44.2 Å². The minimum absolute atomic E-state index is 0.00471. The zero-order valence-electron chi connectivity index (χ0n) is 14.5. The smallest absolute Gasteiger partial charge is 0.325 e. The Hall–Kier alpha value is -2.77. The third-order valence-corrected chi connectivity index (χ3v) is 4.24. The van der Waals surface area contributed by atoms with E-state index in [0.29, 0.717) is 5.56 Å². The molecule has 1 aromatic heterocycles. The van der Waals surface area contributed by atoms with Crippen LogP contribution in [-0.2, 0) is 11.3 Å². The van der Waals surface area contributed by atoms with Crippen LogP contribution in [0.15, 0.2) is 36.5 Å². The molecule has 1 N–H and O–H groups in total. The number of hydrogen-bond donors (Lipinski definition) is 1. The Kier molecular flexibility index (Phi) is 5.01. The number of imide groups is 1. The highest BCUT2D eigenvalue weighted by molar-refractivity contribution is 6.04. The average molecular weight is 362 g/mol. The SMILES string of the molecule is CC(C)c1nn(-c2ccccc2)cc1CN1C(=O)N[C@@H](CC(F)F)C1=O. The van der Waals surface area contributed by atoms with Crippen LogP contribution in [0.2, 0.25) is 0 Å². The number of rotatable bonds is 6. The van der Waals surface area contributed by atoms with Crippen molar-refractivity contribution >= 4 is 11.9 Å². The lowest BCUT2D eigenvalue weighted by Crippen LogP contribution is -2.32. The molecule has 0 radical (unpaired) electrons. The Morgan fingerprint density at radius 1 is 1.19 bits per heavy atom. The summed E-state index contributed by atoms with van der Waals surface area (Å²) in [5.74, 6) is -0.551. The van der Waals surface area contributed by atoms with Crippen molar-refractivity contribution in [2.24, 2.45) is 0 Å². The minimum atomic E-state index is -2.66. The van der Waals surface area contributed by atoms with Crippen LogP contribution in [0.1, 0.15) is 37.4 Å². The zero-order valence-corrected chi connectivity index (χ0v) is 14.5. The highest BCUT2D eigenvalue weighted by Gasteiger charge is 2.39. The summed E-state index contributed by atoms with van der Waals surface area (Å²) in [6.07, 6.45) is -1.57. The lowest BCUT2D eigenvalue weighted by atomic mass is 10.1. The Labute approximate surface area is 149 Å². The highest BCUT2D eigenvalue weighted by Crippen LogP contribution is 2.23. The van der Waals surface area contributed by atoms with E-state index in [1.165, 1.54) is 0 Å². The molecule has 3 rings (SSSR count). The summed E-state index contributed by atoms with van der Waals surface area (Å²) in [6.45, 7) is 3.93. The molecule has 1 aromatic carbocycles. The van der Waals surface area contributed by atoms with E-state index in [1.54, 1.807) is 10.9 Å². The van der Waals surface area contributed by atoms with E-state index in [2.05, 4.69) is 10.4 Å². The molecule has 8 heteroatoms. The molecule has 0 spiro atoms. The quantitative estimate of drug-likeness (QED) is 0.803. The van der Waals surface area contributed by atoms with Gasteiger partial charge in [-0.3, -0.25) is 9.69 Å². The van der Waals surface area contributed by atoms with Gasteiger partial charge in [-0.05, 0) is 18.1 Å². The summed E-state index contributed by atoms with van der Waals surface area (Å²) >= 11 is 0. The number of nitrogens with one attached hydrogen (secondary N) is 1. The number of amides is 3. The second-order valence-corrected chi connectivity index (χ2v) is 6.53. The van der Waals surface area contributed by atoms with E-state index < -0.39 is 30.8 Å². The van der Waals surface area contributed by atoms with Crippen molar-refractivity contribution in [1.82, 2.24) is 20.0 Å². The molecule has 0 unspecified atom stereocenters. The van der Waals surface area contributed by atoms with Crippen LogP contribution < -0.4 is 5.32 Å². The van der Waals surface area contributed by atoms with Crippen molar-refractivity contribution < 1.29 is 18.4 Å². The Morgan fingerprint density at radius 2 is 1.88 bits per heavy atom.